The van der Waals surface area contributed by atoms with E-state index in [9.17, 15) is 0 Å². The molecule has 1 aromatic heterocycles. The second-order valence-electron chi connectivity index (χ2n) is 6.13. The van der Waals surface area contributed by atoms with Crippen LogP contribution in [0.2, 0.25) is 0 Å². The van der Waals surface area contributed by atoms with Crippen LogP contribution in [0.1, 0.15) is 26.7 Å². The number of nitrogens with one attached hydrogen (secondary N) is 1. The van der Waals surface area contributed by atoms with Crippen LogP contribution in [0.5, 0.6) is 0 Å². The third-order valence-electron chi connectivity index (χ3n) is 4.76. The van der Waals surface area contributed by atoms with Gasteiger partial charge in [-0.2, -0.15) is 0 Å². The molecule has 3 rings (SSSR count). The second-order valence-corrected chi connectivity index (χ2v) is 6.13. The van der Waals surface area contributed by atoms with Crippen molar-refractivity contribution in [2.75, 3.05) is 25.0 Å². The van der Waals surface area contributed by atoms with Crippen LogP contribution in [-0.2, 0) is 0 Å². The SMILES string of the molecule is CCN1CCCC(C(C)Nc2cccc3cnccc23)C1. The number of likely N-dealkylation sites (tertiary alicyclic amines) is 1. The molecule has 21 heavy (non-hydrogen) atoms. The Kier molecular flexibility index (Phi) is 4.39. The first kappa shape index (κ1) is 14.3. The van der Waals surface area contributed by atoms with Gasteiger partial charge in [0.05, 0.1) is 0 Å². The van der Waals surface area contributed by atoms with E-state index in [1.807, 2.05) is 12.4 Å². The van der Waals surface area contributed by atoms with Gasteiger partial charge in [0, 0.05) is 41.4 Å². The molecule has 2 unspecified atom stereocenters. The van der Waals surface area contributed by atoms with Crippen LogP contribution >= 0.6 is 0 Å². The summed E-state index contributed by atoms with van der Waals surface area (Å²) in [7, 11) is 0. The van der Waals surface area contributed by atoms with E-state index in [2.05, 4.69) is 53.3 Å². The van der Waals surface area contributed by atoms with Gasteiger partial charge in [0.1, 0.15) is 0 Å². The molecule has 1 aliphatic rings. The number of hydrogen-bond acceptors (Lipinski definition) is 3. The van der Waals surface area contributed by atoms with Gasteiger partial charge in [-0.15, -0.1) is 0 Å². The topological polar surface area (TPSA) is 28.2 Å². The number of benzene rings is 1. The highest BCUT2D eigenvalue weighted by molar-refractivity contribution is 5.93. The fourth-order valence-electron chi connectivity index (χ4n) is 3.40. The molecule has 2 aromatic rings. The summed E-state index contributed by atoms with van der Waals surface area (Å²) in [6, 6.07) is 9.01. The zero-order valence-corrected chi connectivity index (χ0v) is 13.0. The summed E-state index contributed by atoms with van der Waals surface area (Å²) >= 11 is 0. The van der Waals surface area contributed by atoms with E-state index in [0.717, 1.165) is 5.92 Å². The van der Waals surface area contributed by atoms with Gasteiger partial charge in [0.25, 0.3) is 0 Å². The Morgan fingerprint density at radius 2 is 2.29 bits per heavy atom. The lowest BCUT2D eigenvalue weighted by Crippen LogP contribution is -2.41. The summed E-state index contributed by atoms with van der Waals surface area (Å²) < 4.78 is 0. The van der Waals surface area contributed by atoms with Crippen LogP contribution < -0.4 is 5.32 Å². The predicted octanol–water partition coefficient (Wildman–Crippen LogP) is 3.77. The maximum atomic E-state index is 4.21. The number of aromatic nitrogens is 1. The zero-order valence-electron chi connectivity index (χ0n) is 13.0. The summed E-state index contributed by atoms with van der Waals surface area (Å²) in [6.45, 7) is 8.24. The van der Waals surface area contributed by atoms with Gasteiger partial charge in [-0.25, -0.2) is 0 Å². The number of fused-ring (bicyclic) bond motifs is 1. The molecule has 1 fully saturated rings. The molecular formula is C18H25N3. The van der Waals surface area contributed by atoms with Crippen molar-refractivity contribution in [1.82, 2.24) is 9.88 Å². The standard InChI is InChI=1S/C18H25N3/c1-3-21-11-5-7-16(13-21)14(2)20-18-8-4-6-15-12-19-10-9-17(15)18/h4,6,8-10,12,14,16,20H,3,5,7,11,13H2,1-2H3. The first-order chi connectivity index (χ1) is 10.3. The van der Waals surface area contributed by atoms with Crippen molar-refractivity contribution in [3.8, 4) is 0 Å². The average Bonchev–Trinajstić information content (AvgIpc) is 2.55. The second kappa shape index (κ2) is 6.44. The Morgan fingerprint density at radius 3 is 3.14 bits per heavy atom. The van der Waals surface area contributed by atoms with Crippen molar-refractivity contribution in [3.05, 3.63) is 36.7 Å². The number of pyridine rings is 1. The molecule has 1 N–H and O–H groups in total. The summed E-state index contributed by atoms with van der Waals surface area (Å²) in [4.78, 5) is 6.78. The first-order valence-corrected chi connectivity index (χ1v) is 8.09. The number of piperidine rings is 1. The van der Waals surface area contributed by atoms with Crippen LogP contribution in [0.3, 0.4) is 0 Å². The van der Waals surface area contributed by atoms with Gasteiger partial charge >= 0.3 is 0 Å². The van der Waals surface area contributed by atoms with Crippen molar-refractivity contribution in [2.45, 2.75) is 32.7 Å². The summed E-state index contributed by atoms with van der Waals surface area (Å²) in [5.74, 6) is 0.732. The minimum atomic E-state index is 0.498. The predicted molar refractivity (Wildman–Crippen MR) is 89.7 cm³/mol. The molecule has 0 aliphatic carbocycles. The van der Waals surface area contributed by atoms with Gasteiger partial charge in [-0.05, 0) is 50.9 Å². The van der Waals surface area contributed by atoms with E-state index in [1.54, 1.807) is 0 Å². The molecule has 1 aliphatic heterocycles. The van der Waals surface area contributed by atoms with Gasteiger partial charge in [0.2, 0.25) is 0 Å². The highest BCUT2D eigenvalue weighted by Crippen LogP contribution is 2.26. The highest BCUT2D eigenvalue weighted by atomic mass is 15.1. The van der Waals surface area contributed by atoms with Crippen LogP contribution in [0.4, 0.5) is 5.69 Å². The number of nitrogens with zero attached hydrogens (tertiary/aromatic N) is 2. The van der Waals surface area contributed by atoms with Crippen molar-refractivity contribution in [1.29, 1.82) is 0 Å². The molecule has 0 amide bonds. The van der Waals surface area contributed by atoms with Gasteiger partial charge in [0.15, 0.2) is 0 Å². The fourth-order valence-corrected chi connectivity index (χ4v) is 3.40. The Hall–Kier alpha value is -1.61. The molecule has 3 heteroatoms. The Bertz CT molecular complexity index is 591. The monoisotopic (exact) mass is 283 g/mol. The van der Waals surface area contributed by atoms with Crippen LogP contribution in [0, 0.1) is 5.92 Å². The maximum Gasteiger partial charge on any atom is 0.0423 e. The summed E-state index contributed by atoms with van der Waals surface area (Å²) in [5.41, 5.74) is 1.23. The molecule has 0 spiro atoms. The number of rotatable bonds is 4. The quantitative estimate of drug-likeness (QED) is 0.926. The lowest BCUT2D eigenvalue weighted by molar-refractivity contribution is 0.172. The van der Waals surface area contributed by atoms with Crippen molar-refractivity contribution >= 4 is 16.5 Å². The van der Waals surface area contributed by atoms with Crippen molar-refractivity contribution < 1.29 is 0 Å². The lowest BCUT2D eigenvalue weighted by Gasteiger charge is -2.36. The maximum absolute atomic E-state index is 4.21. The molecule has 3 nitrogen and oxygen atoms in total. The zero-order chi connectivity index (χ0) is 14.7. The van der Waals surface area contributed by atoms with E-state index in [0.29, 0.717) is 6.04 Å². The summed E-state index contributed by atoms with van der Waals surface area (Å²) in [5, 5.41) is 6.21. The third-order valence-corrected chi connectivity index (χ3v) is 4.76. The highest BCUT2D eigenvalue weighted by Gasteiger charge is 2.23. The van der Waals surface area contributed by atoms with E-state index in [1.165, 1.54) is 48.9 Å². The normalized spacial score (nSPS) is 21.3. The largest absolute Gasteiger partial charge is 0.382 e. The molecule has 1 saturated heterocycles. The number of hydrogen-bond donors (Lipinski definition) is 1. The van der Waals surface area contributed by atoms with E-state index >= 15 is 0 Å². The molecule has 0 bridgehead atoms. The Morgan fingerprint density at radius 1 is 1.38 bits per heavy atom. The van der Waals surface area contributed by atoms with E-state index < -0.39 is 0 Å². The molecule has 112 valence electrons. The molecule has 2 heterocycles. The minimum Gasteiger partial charge on any atom is -0.382 e. The van der Waals surface area contributed by atoms with Gasteiger partial charge < -0.3 is 10.2 Å². The van der Waals surface area contributed by atoms with E-state index in [4.69, 9.17) is 0 Å². The third kappa shape index (κ3) is 3.18. The molecule has 2 atom stereocenters. The minimum absolute atomic E-state index is 0.498. The first-order valence-electron chi connectivity index (χ1n) is 8.09. The average molecular weight is 283 g/mol. The van der Waals surface area contributed by atoms with Crippen LogP contribution in [0.25, 0.3) is 10.8 Å². The fraction of sp³-hybridized carbons (Fsp3) is 0.500. The summed E-state index contributed by atoms with van der Waals surface area (Å²) in [6.07, 6.45) is 6.46. The molecule has 0 radical (unpaired) electrons. The lowest BCUT2D eigenvalue weighted by atomic mass is 9.91. The Balaban J connectivity index is 1.75. The van der Waals surface area contributed by atoms with Crippen molar-refractivity contribution in [2.24, 2.45) is 5.92 Å². The molecule has 0 saturated carbocycles. The smallest absolute Gasteiger partial charge is 0.0423 e. The molecular weight excluding hydrogens is 258 g/mol. The Labute approximate surface area is 127 Å². The van der Waals surface area contributed by atoms with Gasteiger partial charge in [-0.3, -0.25) is 4.98 Å². The van der Waals surface area contributed by atoms with Crippen LogP contribution in [-0.4, -0.2) is 35.6 Å². The molecule has 1 aromatic carbocycles. The number of anilines is 1. The van der Waals surface area contributed by atoms with Gasteiger partial charge in [-0.1, -0.05) is 19.1 Å². The van der Waals surface area contributed by atoms with Crippen molar-refractivity contribution in [3.63, 3.8) is 0 Å². The van der Waals surface area contributed by atoms with E-state index in [-0.39, 0.29) is 0 Å². The van der Waals surface area contributed by atoms with Crippen LogP contribution in [0.15, 0.2) is 36.7 Å².